The molecule has 0 saturated heterocycles. The van der Waals surface area contributed by atoms with Crippen molar-refractivity contribution < 1.29 is 9.53 Å². The highest BCUT2D eigenvalue weighted by atomic mass is 16.5. The molecule has 44 heavy (non-hydrogen) atoms. The normalized spacial score (nSPS) is 33.8. The number of carbonyl (C=O) groups is 1. The van der Waals surface area contributed by atoms with Crippen LogP contribution in [0.3, 0.4) is 0 Å². The predicted molar refractivity (Wildman–Crippen MR) is 179 cm³/mol. The summed E-state index contributed by atoms with van der Waals surface area (Å²) >= 11 is 0. The molecule has 4 heteroatoms. The molecular formula is C40H54N2O2. The van der Waals surface area contributed by atoms with Crippen LogP contribution < -0.4 is 0 Å². The maximum absolute atomic E-state index is 13.1. The molecular weight excluding hydrogens is 540 g/mol. The van der Waals surface area contributed by atoms with Crippen molar-refractivity contribution in [2.45, 2.75) is 111 Å². The maximum atomic E-state index is 13.1. The van der Waals surface area contributed by atoms with E-state index < -0.39 is 0 Å². The molecule has 0 aliphatic heterocycles. The van der Waals surface area contributed by atoms with Crippen LogP contribution in [-0.4, -0.2) is 12.1 Å². The van der Waals surface area contributed by atoms with Gasteiger partial charge in [0.05, 0.1) is 16.9 Å². The summed E-state index contributed by atoms with van der Waals surface area (Å²) < 4.78 is 6.12. The van der Waals surface area contributed by atoms with Crippen molar-refractivity contribution in [3.63, 3.8) is 0 Å². The number of ether oxygens (including phenoxy) is 1. The minimum absolute atomic E-state index is 0.0350. The summed E-state index contributed by atoms with van der Waals surface area (Å²) in [7, 11) is 0. The van der Waals surface area contributed by atoms with Crippen molar-refractivity contribution in [1.82, 2.24) is 0 Å². The molecule has 6 rings (SSSR count). The number of allylic oxidation sites excluding steroid dienone is 1. The lowest BCUT2D eigenvalue weighted by Crippen LogP contribution is -2.51. The van der Waals surface area contributed by atoms with Crippen molar-refractivity contribution in [1.29, 1.82) is 0 Å². The number of hydrogen-bond acceptors (Lipinski definition) is 4. The van der Waals surface area contributed by atoms with Crippen LogP contribution in [-0.2, 0) is 4.74 Å². The third-order valence-electron chi connectivity index (χ3n) is 12.7. The molecule has 8 atom stereocenters. The van der Waals surface area contributed by atoms with E-state index in [-0.39, 0.29) is 17.5 Å². The third-order valence-corrected chi connectivity index (χ3v) is 12.7. The van der Waals surface area contributed by atoms with Crippen LogP contribution in [0.4, 0.5) is 11.4 Å². The Kier molecular flexibility index (Phi) is 9.18. The van der Waals surface area contributed by atoms with Crippen molar-refractivity contribution >= 4 is 17.3 Å². The molecule has 236 valence electrons. The molecule has 0 amide bonds. The molecule has 0 spiro atoms. The molecule has 0 radical (unpaired) electrons. The van der Waals surface area contributed by atoms with Gasteiger partial charge in [-0.2, -0.15) is 10.2 Å². The molecule has 2 aromatic rings. The van der Waals surface area contributed by atoms with E-state index in [1.54, 1.807) is 17.7 Å². The second-order valence-corrected chi connectivity index (χ2v) is 15.6. The number of rotatable bonds is 9. The van der Waals surface area contributed by atoms with Crippen LogP contribution in [0.2, 0.25) is 0 Å². The maximum Gasteiger partial charge on any atom is 0.338 e. The highest BCUT2D eigenvalue weighted by Crippen LogP contribution is 2.67. The minimum atomic E-state index is -0.229. The quantitative estimate of drug-likeness (QED) is 0.165. The Bertz CT molecular complexity index is 1350. The molecule has 3 saturated carbocycles. The van der Waals surface area contributed by atoms with E-state index in [0.29, 0.717) is 11.0 Å². The lowest BCUT2D eigenvalue weighted by molar-refractivity contribution is -0.0594. The summed E-state index contributed by atoms with van der Waals surface area (Å²) in [5, 5.41) is 8.57. The number of benzene rings is 2. The van der Waals surface area contributed by atoms with Gasteiger partial charge in [0.15, 0.2) is 0 Å². The van der Waals surface area contributed by atoms with Crippen LogP contribution >= 0.6 is 0 Å². The van der Waals surface area contributed by atoms with Crippen molar-refractivity contribution in [3.05, 3.63) is 71.8 Å². The van der Waals surface area contributed by atoms with Crippen molar-refractivity contribution in [2.24, 2.45) is 56.6 Å². The van der Waals surface area contributed by atoms with E-state index in [4.69, 9.17) is 4.74 Å². The van der Waals surface area contributed by atoms with Gasteiger partial charge in [-0.3, -0.25) is 0 Å². The monoisotopic (exact) mass is 594 g/mol. The molecule has 4 nitrogen and oxygen atoms in total. The second-order valence-electron chi connectivity index (χ2n) is 15.6. The van der Waals surface area contributed by atoms with E-state index in [2.05, 4.69) is 50.9 Å². The summed E-state index contributed by atoms with van der Waals surface area (Å²) in [5.41, 5.74) is 4.46. The first-order valence-corrected chi connectivity index (χ1v) is 17.6. The average Bonchev–Trinajstić information content (AvgIpc) is 3.38. The highest BCUT2D eigenvalue weighted by molar-refractivity contribution is 5.89. The van der Waals surface area contributed by atoms with Crippen LogP contribution in [0.25, 0.3) is 0 Å². The topological polar surface area (TPSA) is 51.0 Å². The van der Waals surface area contributed by atoms with Crippen LogP contribution in [0.15, 0.2) is 76.5 Å². The first-order chi connectivity index (χ1) is 21.2. The Balaban J connectivity index is 1.06. The van der Waals surface area contributed by atoms with E-state index in [1.807, 2.05) is 42.5 Å². The number of carbonyl (C=O) groups excluding carboxylic acids is 1. The van der Waals surface area contributed by atoms with Gasteiger partial charge in [-0.05, 0) is 128 Å². The minimum Gasteiger partial charge on any atom is -0.458 e. The molecule has 4 aliphatic rings. The van der Waals surface area contributed by atoms with Crippen LogP contribution in [0.1, 0.15) is 116 Å². The van der Waals surface area contributed by atoms with E-state index in [9.17, 15) is 4.79 Å². The summed E-state index contributed by atoms with van der Waals surface area (Å²) in [6, 6.07) is 16.9. The zero-order chi connectivity index (χ0) is 30.9. The van der Waals surface area contributed by atoms with Gasteiger partial charge in [-0.1, -0.05) is 83.7 Å². The van der Waals surface area contributed by atoms with Gasteiger partial charge in [0, 0.05) is 6.42 Å². The smallest absolute Gasteiger partial charge is 0.338 e. The van der Waals surface area contributed by atoms with E-state index >= 15 is 0 Å². The fourth-order valence-corrected chi connectivity index (χ4v) is 10.2. The Labute approximate surface area is 266 Å². The van der Waals surface area contributed by atoms with Gasteiger partial charge in [0.1, 0.15) is 6.10 Å². The molecule has 0 bridgehead atoms. The standard InChI is InChI=1S/C40H54N2O2/c1-27(2)10-9-11-28(3)35-20-21-36-34-19-16-30-26-33(22-24-39(30,4)37(34)23-25-40(35,36)5)44-38(43)29-14-17-32(18-15-29)42-41-31-12-7-6-8-13-31/h6-8,12-18,27-28,33-37H,9-11,19-26H2,1-5H3/t28-,33+,34+,35-,36+,37+,39+,40-/m1/s1. The first-order valence-electron chi connectivity index (χ1n) is 17.6. The highest BCUT2D eigenvalue weighted by Gasteiger charge is 2.59. The summed E-state index contributed by atoms with van der Waals surface area (Å²) in [5.74, 6) is 4.82. The summed E-state index contributed by atoms with van der Waals surface area (Å²) in [6.45, 7) is 12.5. The largest absolute Gasteiger partial charge is 0.458 e. The molecule has 0 unspecified atom stereocenters. The van der Waals surface area contributed by atoms with Gasteiger partial charge in [-0.15, -0.1) is 0 Å². The Morgan fingerprint density at radius 2 is 1.59 bits per heavy atom. The Hall–Kier alpha value is -2.75. The SMILES string of the molecule is CC(C)CCC[C@@H](C)[C@H]1CC[C@H]2[C@@H]3CC=C4C[C@@H](OC(=O)c5ccc(N=Nc6ccccc6)cc5)CC[C@]4(C)[C@H]3CC[C@]12C. The van der Waals surface area contributed by atoms with E-state index in [0.717, 1.165) is 66.1 Å². The van der Waals surface area contributed by atoms with E-state index in [1.165, 1.54) is 51.4 Å². The number of esters is 1. The lowest BCUT2D eigenvalue weighted by atomic mass is 9.47. The van der Waals surface area contributed by atoms with Gasteiger partial charge in [0.25, 0.3) is 0 Å². The first kappa shape index (κ1) is 31.2. The Morgan fingerprint density at radius 1 is 0.864 bits per heavy atom. The average molecular weight is 595 g/mol. The second kappa shape index (κ2) is 12.9. The predicted octanol–water partition coefficient (Wildman–Crippen LogP) is 11.7. The molecule has 0 heterocycles. The zero-order valence-corrected chi connectivity index (χ0v) is 27.8. The zero-order valence-electron chi connectivity index (χ0n) is 27.8. The van der Waals surface area contributed by atoms with Crippen LogP contribution in [0.5, 0.6) is 0 Å². The number of fused-ring (bicyclic) bond motifs is 5. The molecule has 3 fully saturated rings. The fourth-order valence-electron chi connectivity index (χ4n) is 10.2. The summed E-state index contributed by atoms with van der Waals surface area (Å²) in [4.78, 5) is 13.1. The molecule has 0 aromatic heterocycles. The van der Waals surface area contributed by atoms with Gasteiger partial charge in [0.2, 0.25) is 0 Å². The van der Waals surface area contributed by atoms with Crippen molar-refractivity contribution in [3.8, 4) is 0 Å². The fraction of sp³-hybridized carbons (Fsp3) is 0.625. The molecule has 4 aliphatic carbocycles. The third kappa shape index (κ3) is 6.20. The number of hydrogen-bond donors (Lipinski definition) is 0. The Morgan fingerprint density at radius 3 is 2.32 bits per heavy atom. The molecule has 0 N–H and O–H groups in total. The van der Waals surface area contributed by atoms with Gasteiger partial charge in [-0.25, -0.2) is 4.79 Å². The van der Waals surface area contributed by atoms with Gasteiger partial charge >= 0.3 is 5.97 Å². The summed E-state index contributed by atoms with van der Waals surface area (Å²) in [6.07, 6.45) is 16.6. The van der Waals surface area contributed by atoms with Crippen LogP contribution in [0, 0.1) is 46.3 Å². The molecule has 2 aromatic carbocycles. The lowest BCUT2D eigenvalue weighted by Gasteiger charge is -2.58. The van der Waals surface area contributed by atoms with Crippen molar-refractivity contribution in [2.75, 3.05) is 0 Å². The number of nitrogens with zero attached hydrogens (tertiary/aromatic N) is 2. The van der Waals surface area contributed by atoms with Gasteiger partial charge < -0.3 is 4.74 Å². The number of azo groups is 1.